The standard InChI is InChI=1S/ClH.5FH.Mo/h6*1H;/q;;;;;;+6/p-6. The number of rotatable bonds is 0. The number of hydrogen-bond acceptors (Lipinski definition) is 0. The van der Waals surface area contributed by atoms with Gasteiger partial charge in [0.25, 0.3) is 0 Å². The minimum absolute atomic E-state index is 2.90. The van der Waals surface area contributed by atoms with Gasteiger partial charge in [-0.05, 0) is 0 Å². The van der Waals surface area contributed by atoms with Crippen LogP contribution in [0.2, 0.25) is 0 Å². The Balaban J connectivity index is 4.43. The van der Waals surface area contributed by atoms with Gasteiger partial charge in [0.2, 0.25) is 0 Å². The van der Waals surface area contributed by atoms with Gasteiger partial charge in [-0.3, -0.25) is 0 Å². The van der Waals surface area contributed by atoms with E-state index in [4.69, 9.17) is 0 Å². The molecule has 0 unspecified atom stereocenters. The van der Waals surface area contributed by atoms with Crippen LogP contribution in [-0.4, -0.2) is 0 Å². The van der Waals surface area contributed by atoms with Crippen molar-refractivity contribution in [2.24, 2.45) is 0 Å². The molecular formula is ClF5Mo. The van der Waals surface area contributed by atoms with Crippen molar-refractivity contribution < 1.29 is 30.9 Å². The first-order chi connectivity index (χ1) is 2.45. The average Bonchev–Trinajstić information content (AvgIpc) is 0.592. The third kappa shape index (κ3) is 360. The van der Waals surface area contributed by atoms with Crippen molar-refractivity contribution in [1.29, 1.82) is 0 Å². The molecule has 0 bridgehead atoms. The summed E-state index contributed by atoms with van der Waals surface area (Å²) >= 11 is -10.2. The van der Waals surface area contributed by atoms with E-state index in [1.54, 1.807) is 0 Å². The number of hydrogen-bond donors (Lipinski definition) is 0. The molecule has 0 nitrogen and oxygen atoms in total. The summed E-state index contributed by atoms with van der Waals surface area (Å²) in [4.78, 5) is 0. The molecule has 0 aromatic heterocycles. The van der Waals surface area contributed by atoms with Crippen LogP contribution in [0.15, 0.2) is 0 Å². The Morgan fingerprint density at radius 3 is 0.857 bits per heavy atom. The van der Waals surface area contributed by atoms with E-state index in [9.17, 15) is 15.8 Å². The molecule has 0 radical (unpaired) electrons. The summed E-state index contributed by atoms with van der Waals surface area (Å²) in [5, 5.41) is 0. The molecule has 0 atom stereocenters. The van der Waals surface area contributed by atoms with Crippen LogP contribution in [0.5, 0.6) is 0 Å². The average molecular weight is 226 g/mol. The van der Waals surface area contributed by atoms with Crippen LogP contribution in [0.25, 0.3) is 0 Å². The Kier molecular flexibility index (Phi) is 0.937. The van der Waals surface area contributed by atoms with Gasteiger partial charge in [-0.2, -0.15) is 0 Å². The summed E-state index contributed by atoms with van der Waals surface area (Å²) in [7, 11) is 2.90. The predicted molar refractivity (Wildman–Crippen MR) is 11.4 cm³/mol. The first kappa shape index (κ1) is 7.63. The van der Waals surface area contributed by atoms with E-state index < -0.39 is 15.1 Å². The normalized spacial score (nSPS) is 23.1. The zero-order valence-electron chi connectivity index (χ0n) is 2.68. The topological polar surface area (TPSA) is 0 Å². The second-order valence-electron chi connectivity index (χ2n) is 0.875. The summed E-state index contributed by atoms with van der Waals surface area (Å²) in [5.74, 6) is 0. The van der Waals surface area contributed by atoms with Crippen LogP contribution in [0.1, 0.15) is 0 Å². The quantitative estimate of drug-likeness (QED) is 0.440. The maximum atomic E-state index is 10.4. The van der Waals surface area contributed by atoms with Crippen LogP contribution in [-0.2, 0) is 15.1 Å². The second-order valence-corrected chi connectivity index (χ2v) is 8.63. The van der Waals surface area contributed by atoms with Crippen molar-refractivity contribution >= 4 is 9.42 Å². The molecule has 0 aliphatic rings. The van der Waals surface area contributed by atoms with Crippen LogP contribution in [0.3, 0.4) is 0 Å². The molecule has 0 fully saturated rings. The van der Waals surface area contributed by atoms with Gasteiger partial charge in [-0.1, -0.05) is 0 Å². The van der Waals surface area contributed by atoms with Gasteiger partial charge in [0, 0.05) is 0 Å². The van der Waals surface area contributed by atoms with Crippen molar-refractivity contribution in [3.8, 4) is 0 Å². The van der Waals surface area contributed by atoms with Gasteiger partial charge < -0.3 is 0 Å². The zero-order valence-corrected chi connectivity index (χ0v) is 5.44. The molecule has 0 amide bonds. The van der Waals surface area contributed by atoms with Gasteiger partial charge in [0.15, 0.2) is 0 Å². The summed E-state index contributed by atoms with van der Waals surface area (Å²) < 4.78 is 51.8. The molecule has 0 aliphatic carbocycles. The Morgan fingerprint density at radius 1 is 0.857 bits per heavy atom. The Morgan fingerprint density at radius 2 is 0.857 bits per heavy atom. The van der Waals surface area contributed by atoms with Crippen molar-refractivity contribution in [2.75, 3.05) is 0 Å². The molecule has 0 rings (SSSR count). The Labute approximate surface area is 40.9 Å². The van der Waals surface area contributed by atoms with E-state index in [2.05, 4.69) is 9.42 Å². The first-order valence-electron chi connectivity index (χ1n) is 0.926. The van der Waals surface area contributed by atoms with E-state index >= 15 is 0 Å². The maximum absolute atomic E-state index is 10.4. The third-order valence-corrected chi connectivity index (χ3v) is 0. The fraction of sp³-hybridized carbons (Fsp3) is 0. The first-order valence-corrected chi connectivity index (χ1v) is 7.30. The molecule has 0 aromatic rings. The zero-order chi connectivity index (χ0) is 6.41. The van der Waals surface area contributed by atoms with Crippen LogP contribution < -0.4 is 0 Å². The van der Waals surface area contributed by atoms with Crippen molar-refractivity contribution in [1.82, 2.24) is 0 Å². The molecule has 7 heavy (non-hydrogen) atoms. The SMILES string of the molecule is [F][Mo]([F])([F])([F])([F])[Cl]. The summed E-state index contributed by atoms with van der Waals surface area (Å²) in [5.41, 5.74) is 0. The second kappa shape index (κ2) is 0.860. The Bertz CT molecular complexity index is 66.6. The molecule has 0 aliphatic heterocycles. The molecule has 0 heterocycles. The van der Waals surface area contributed by atoms with Gasteiger partial charge in [-0.15, -0.1) is 0 Å². The molecule has 0 N–H and O–H groups in total. The third-order valence-electron chi connectivity index (χ3n) is 0. The fourth-order valence-corrected chi connectivity index (χ4v) is 0. The molecule has 48 valence electrons. The molecule has 0 aromatic carbocycles. The van der Waals surface area contributed by atoms with Crippen LogP contribution in [0, 0.1) is 0 Å². The van der Waals surface area contributed by atoms with E-state index in [-0.39, 0.29) is 0 Å². The molecule has 0 spiro atoms. The number of halogens is 6. The summed E-state index contributed by atoms with van der Waals surface area (Å²) in [6, 6.07) is 0. The van der Waals surface area contributed by atoms with Crippen LogP contribution >= 0.6 is 9.42 Å². The summed E-state index contributed by atoms with van der Waals surface area (Å²) in [6.07, 6.45) is 0. The molecular weight excluding hydrogens is 226 g/mol. The minimum atomic E-state index is -10.2. The van der Waals surface area contributed by atoms with Crippen molar-refractivity contribution in [3.05, 3.63) is 0 Å². The van der Waals surface area contributed by atoms with E-state index in [0.29, 0.717) is 0 Å². The van der Waals surface area contributed by atoms with Gasteiger partial charge in [0.05, 0.1) is 0 Å². The fourth-order valence-electron chi connectivity index (χ4n) is 0. The summed E-state index contributed by atoms with van der Waals surface area (Å²) in [6.45, 7) is 0. The van der Waals surface area contributed by atoms with E-state index in [0.717, 1.165) is 0 Å². The molecule has 0 saturated heterocycles. The van der Waals surface area contributed by atoms with Crippen LogP contribution in [0.4, 0.5) is 15.8 Å². The van der Waals surface area contributed by atoms with Crippen molar-refractivity contribution in [2.45, 2.75) is 0 Å². The predicted octanol–water partition coefficient (Wildman–Crippen LogP) is 2.79. The molecule has 0 saturated carbocycles. The van der Waals surface area contributed by atoms with E-state index in [1.807, 2.05) is 0 Å². The van der Waals surface area contributed by atoms with Crippen molar-refractivity contribution in [3.63, 3.8) is 0 Å². The monoisotopic (exact) mass is 228 g/mol. The van der Waals surface area contributed by atoms with E-state index in [1.165, 1.54) is 0 Å². The van der Waals surface area contributed by atoms with Gasteiger partial charge >= 0.3 is 40.3 Å². The molecule has 7 heteroatoms. The Hall–Kier alpha value is 0.628. The van der Waals surface area contributed by atoms with Gasteiger partial charge in [-0.25, -0.2) is 0 Å². The van der Waals surface area contributed by atoms with Gasteiger partial charge in [0.1, 0.15) is 0 Å².